The van der Waals surface area contributed by atoms with E-state index in [0.717, 1.165) is 0 Å². The van der Waals surface area contributed by atoms with Crippen molar-refractivity contribution in [3.8, 4) is 0 Å². The summed E-state index contributed by atoms with van der Waals surface area (Å²) >= 11 is 0. The third-order valence-corrected chi connectivity index (χ3v) is 0. The molecule has 5 radical (unpaired) electrons. The van der Waals surface area contributed by atoms with Crippen LogP contribution in [0.2, 0.25) is 0 Å². The maximum atomic E-state index is 0. The fourth-order valence-electron chi connectivity index (χ4n) is 0. The fraction of sp³-hybridized carbons (Fsp3) is 0. The van der Waals surface area contributed by atoms with Crippen molar-refractivity contribution >= 4 is 136 Å². The molecule has 7 heteroatoms. The first kappa shape index (κ1) is 50.3. The van der Waals surface area contributed by atoms with Gasteiger partial charge in [-0.3, -0.25) is 0 Å². The van der Waals surface area contributed by atoms with E-state index in [0.29, 0.717) is 0 Å². The van der Waals surface area contributed by atoms with E-state index in [-0.39, 0.29) is 195 Å². The van der Waals surface area contributed by atoms with E-state index >= 15 is 0 Å². The Morgan fingerprint density at radius 3 is 1.00 bits per heavy atom. The molecule has 0 aliphatic carbocycles. The van der Waals surface area contributed by atoms with Crippen LogP contribution >= 0.6 is 0 Å². The molecule has 0 unspecified atom stereocenters. The molecule has 0 nitrogen and oxygen atoms in total. The van der Waals surface area contributed by atoms with Gasteiger partial charge in [-0.15, -0.1) is 0 Å². The van der Waals surface area contributed by atoms with Crippen molar-refractivity contribution in [3.05, 3.63) is 0 Å². The predicted octanol–water partition coefficient (Wildman–Crippen LogP) is -4.58. The number of hydrogen-bond acceptors (Lipinski definition) is 0. The second-order valence-electron chi connectivity index (χ2n) is 0. The van der Waals surface area contributed by atoms with E-state index in [4.69, 9.17) is 0 Å². The van der Waals surface area contributed by atoms with Crippen molar-refractivity contribution < 1.29 is 58.8 Å². The van der Waals surface area contributed by atoms with Crippen LogP contribution < -0.4 is 0 Å². The first-order valence-electron chi connectivity index (χ1n) is 0. The molecule has 0 amide bonds. The summed E-state index contributed by atoms with van der Waals surface area (Å²) in [5.74, 6) is 0. The number of rotatable bonds is 0. The van der Waals surface area contributed by atoms with E-state index in [1.54, 1.807) is 0 Å². The number of hydrogen-bond donors (Lipinski definition) is 0. The van der Waals surface area contributed by atoms with Crippen LogP contribution in [0.25, 0.3) is 0 Å². The molecule has 0 bridgehead atoms. The van der Waals surface area contributed by atoms with Crippen LogP contribution in [0.1, 0.15) is 0 Å². The Labute approximate surface area is 189 Å². The summed E-state index contributed by atoms with van der Waals surface area (Å²) in [5.41, 5.74) is 0. The molecule has 0 N–H and O–H groups in total. The van der Waals surface area contributed by atoms with Gasteiger partial charge in [0.05, 0.1) is 0 Å². The minimum absolute atomic E-state index is 0. The topological polar surface area (TPSA) is 0 Å². The molecule has 0 aliphatic rings. The fourth-order valence-corrected chi connectivity index (χ4v) is 0. The van der Waals surface area contributed by atoms with Crippen molar-refractivity contribution in [2.24, 2.45) is 0 Å². The Hall–Kier alpha value is 6.41. The standard InChI is InChI=1S/Al.Ca.Ce.Cu.Na.Pb.Sn.10H. The van der Waals surface area contributed by atoms with Crippen molar-refractivity contribution in [2.75, 3.05) is 0 Å². The molecule has 0 saturated heterocycles. The summed E-state index contributed by atoms with van der Waals surface area (Å²) in [6, 6.07) is 0. The first-order valence-corrected chi connectivity index (χ1v) is 0. The van der Waals surface area contributed by atoms with Crippen molar-refractivity contribution in [2.45, 2.75) is 0 Å². The monoisotopic (exact) mass is 631 g/mol. The van der Waals surface area contributed by atoms with Gasteiger partial charge in [0, 0.05) is 58.8 Å². The molecule has 0 saturated carbocycles. The summed E-state index contributed by atoms with van der Waals surface area (Å²) in [7, 11) is 0. The van der Waals surface area contributed by atoms with E-state index in [9.17, 15) is 0 Å². The Bertz CT molecular complexity index is 19.7. The SMILES string of the molecule is [AlH3].[CaH2].[Ce].[Cu].[NaH].[PbH2].[SnH2]. The van der Waals surface area contributed by atoms with Gasteiger partial charge in [0.1, 0.15) is 0 Å². The first-order chi connectivity index (χ1) is 0. The van der Waals surface area contributed by atoms with Crippen LogP contribution in [0.15, 0.2) is 0 Å². The summed E-state index contributed by atoms with van der Waals surface area (Å²) in [4.78, 5) is 0. The molecular formula is H10AlCaCeCuNaPbSn. The van der Waals surface area contributed by atoms with Gasteiger partial charge in [0.15, 0.2) is 17.4 Å². The summed E-state index contributed by atoms with van der Waals surface area (Å²) < 4.78 is 0. The summed E-state index contributed by atoms with van der Waals surface area (Å²) in [6.07, 6.45) is 0. The normalized spacial score (nSPS) is 0. The zero-order valence-electron chi connectivity index (χ0n) is 2.22. The molecule has 0 aliphatic heterocycles. The van der Waals surface area contributed by atoms with Crippen LogP contribution in [-0.4, -0.2) is 136 Å². The van der Waals surface area contributed by atoms with Crippen molar-refractivity contribution in [3.63, 3.8) is 0 Å². The Kier molecular flexibility index (Phi) is 282. The van der Waals surface area contributed by atoms with Crippen molar-refractivity contribution in [1.82, 2.24) is 0 Å². The van der Waals surface area contributed by atoms with Gasteiger partial charge >= 0.3 is 119 Å². The van der Waals surface area contributed by atoms with E-state index < -0.39 is 0 Å². The molecule has 0 spiro atoms. The van der Waals surface area contributed by atoms with Gasteiger partial charge in [-0.05, 0) is 0 Å². The predicted molar refractivity (Wildman–Crippen MR) is 42.7 cm³/mol. The van der Waals surface area contributed by atoms with Gasteiger partial charge in [-0.25, -0.2) is 0 Å². The second-order valence-corrected chi connectivity index (χ2v) is 0. The van der Waals surface area contributed by atoms with Crippen LogP contribution in [0, 0.1) is 41.7 Å². The molecule has 0 aromatic heterocycles. The van der Waals surface area contributed by atoms with E-state index in [1.165, 1.54) is 0 Å². The molecule has 7 heavy (non-hydrogen) atoms. The Morgan fingerprint density at radius 1 is 1.00 bits per heavy atom. The Morgan fingerprint density at radius 2 is 1.00 bits per heavy atom. The van der Waals surface area contributed by atoms with Gasteiger partial charge in [-0.2, -0.15) is 0 Å². The van der Waals surface area contributed by atoms with E-state index in [2.05, 4.69) is 0 Å². The summed E-state index contributed by atoms with van der Waals surface area (Å²) in [6.45, 7) is 0. The zero-order chi connectivity index (χ0) is 0. The van der Waals surface area contributed by atoms with Crippen LogP contribution in [-0.2, 0) is 17.1 Å². The third kappa shape index (κ3) is 32.7. The van der Waals surface area contributed by atoms with Crippen molar-refractivity contribution in [1.29, 1.82) is 0 Å². The molecule has 0 heterocycles. The molecule has 0 fully saturated rings. The minimum atomic E-state index is 0. The van der Waals surface area contributed by atoms with Crippen LogP contribution in [0.5, 0.6) is 0 Å². The maximum absolute atomic E-state index is 0. The molecule has 0 atom stereocenters. The van der Waals surface area contributed by atoms with Gasteiger partial charge in [-0.1, -0.05) is 0 Å². The molecular weight excluding hydrogens is 620 g/mol. The summed E-state index contributed by atoms with van der Waals surface area (Å²) in [5, 5.41) is 0. The van der Waals surface area contributed by atoms with E-state index in [1.807, 2.05) is 0 Å². The molecule has 0 aromatic rings. The Balaban J connectivity index is 0. The van der Waals surface area contributed by atoms with Gasteiger partial charge in [0.25, 0.3) is 0 Å². The quantitative estimate of drug-likeness (QED) is 0.237. The molecule has 0 rings (SSSR count). The average molecular weight is 630 g/mol. The van der Waals surface area contributed by atoms with Crippen LogP contribution in [0.3, 0.4) is 0 Å². The molecule has 0 aromatic carbocycles. The molecule has 39 valence electrons. The van der Waals surface area contributed by atoms with Gasteiger partial charge in [0.2, 0.25) is 0 Å². The average Bonchev–Trinajstić information content (AvgIpc) is 0. The third-order valence-electron chi connectivity index (χ3n) is 0. The van der Waals surface area contributed by atoms with Crippen LogP contribution in [0.4, 0.5) is 0 Å². The van der Waals surface area contributed by atoms with Gasteiger partial charge < -0.3 is 0 Å². The zero-order valence-corrected chi connectivity index (χ0v) is 15.8. The second kappa shape index (κ2) is 39.3.